The predicted octanol–water partition coefficient (Wildman–Crippen LogP) is 26.5. The minimum atomic E-state index is -0.647. The molecule has 0 amide bonds. The van der Waals surface area contributed by atoms with E-state index in [0.717, 1.165) is 25.7 Å². The molecule has 0 aromatic rings. The summed E-state index contributed by atoms with van der Waals surface area (Å²) in [7, 11) is 0. The van der Waals surface area contributed by atoms with Gasteiger partial charge in [-0.05, 0) is 12.8 Å². The summed E-state index contributed by atoms with van der Waals surface area (Å²) in [5, 5.41) is 17.4. The van der Waals surface area contributed by atoms with Gasteiger partial charge in [-0.15, -0.1) is 0 Å². The molecule has 0 aromatic heterocycles. The van der Waals surface area contributed by atoms with Crippen molar-refractivity contribution in [2.75, 3.05) is 0 Å². The fourth-order valence-corrected chi connectivity index (χ4v) is 12.2. The van der Waals surface area contributed by atoms with Gasteiger partial charge in [0.25, 0.3) is 0 Å². The van der Waals surface area contributed by atoms with E-state index in [2.05, 4.69) is 0 Å². The maximum absolute atomic E-state index is 10.5. The van der Waals surface area contributed by atoms with Gasteiger partial charge in [0.1, 0.15) is 0 Å². The van der Waals surface area contributed by atoms with E-state index in [1.807, 2.05) is 0 Å². The summed E-state index contributed by atoms with van der Waals surface area (Å²) in [5.41, 5.74) is 0. The quantitative estimate of drug-likeness (QED) is 0.0595. The van der Waals surface area contributed by atoms with Crippen LogP contribution >= 0.6 is 0 Å². The van der Waals surface area contributed by atoms with E-state index in [-0.39, 0.29) is 0 Å². The minimum Gasteiger partial charge on any atom is -0.481 e. The number of hydrogen-bond donors (Lipinski definition) is 2. The van der Waals surface area contributed by atoms with Crippen LogP contribution in [0, 0.1) is 0 Å². The van der Waals surface area contributed by atoms with Crippen molar-refractivity contribution in [1.29, 1.82) is 0 Å². The molecule has 0 aliphatic rings. The van der Waals surface area contributed by atoms with Crippen molar-refractivity contribution in [3.05, 3.63) is 0 Å². The summed E-state index contributed by atoms with van der Waals surface area (Å²) in [6.07, 6.45) is 97.2. The first-order valence-corrected chi connectivity index (χ1v) is 36.1. The normalized spacial score (nSPS) is 11.6. The lowest BCUT2D eigenvalue weighted by atomic mass is 10.0. The van der Waals surface area contributed by atoms with Crippen LogP contribution in [-0.2, 0) is 9.59 Å². The Hall–Kier alpha value is -1.06. The van der Waals surface area contributed by atoms with E-state index in [9.17, 15) is 9.59 Å². The zero-order valence-corrected chi connectivity index (χ0v) is 52.2. The number of carboxylic acid groups (broad SMARTS) is 2. The van der Waals surface area contributed by atoms with Gasteiger partial charge < -0.3 is 10.2 Å². The molecule has 0 spiro atoms. The number of carbonyl (C=O) groups is 2. The van der Waals surface area contributed by atoms with Crippen LogP contribution in [-0.4, -0.2) is 22.2 Å². The zero-order chi connectivity index (χ0) is 54.7. The van der Waals surface area contributed by atoms with Gasteiger partial charge in [0.15, 0.2) is 0 Å². The summed E-state index contributed by atoms with van der Waals surface area (Å²) >= 11 is 0. The predicted molar refractivity (Wildman–Crippen MR) is 338 cm³/mol. The van der Waals surface area contributed by atoms with Gasteiger partial charge in [-0.1, -0.05) is 424 Å². The number of unbranched alkanes of at least 4 members (excludes halogenated alkanes) is 67. The summed E-state index contributed by atoms with van der Waals surface area (Å²) in [6, 6.07) is 0. The summed E-state index contributed by atoms with van der Waals surface area (Å²) in [4.78, 5) is 21.1. The van der Waals surface area contributed by atoms with Gasteiger partial charge in [-0.3, -0.25) is 9.59 Å². The van der Waals surface area contributed by atoms with E-state index in [1.54, 1.807) is 0 Å². The molecule has 2 N–H and O–H groups in total. The maximum Gasteiger partial charge on any atom is 0.303 e. The van der Waals surface area contributed by atoms with Crippen molar-refractivity contribution in [3.63, 3.8) is 0 Å². The average Bonchev–Trinajstić information content (AvgIpc) is 3.41. The molecule has 76 heavy (non-hydrogen) atoms. The minimum absolute atomic E-state index is 0.345. The van der Waals surface area contributed by atoms with Crippen molar-refractivity contribution in [1.82, 2.24) is 0 Å². The fraction of sp³-hybridized carbons (Fsp3) is 0.972. The number of hydrogen-bond acceptors (Lipinski definition) is 2. The lowest BCUT2D eigenvalue weighted by Gasteiger charge is -2.05. The molecule has 0 heterocycles. The van der Waals surface area contributed by atoms with Crippen molar-refractivity contribution in [2.24, 2.45) is 0 Å². The second kappa shape index (κ2) is 70.0. The zero-order valence-electron chi connectivity index (χ0n) is 52.2. The lowest BCUT2D eigenvalue weighted by Crippen LogP contribution is -1.93. The van der Waals surface area contributed by atoms with Crippen LogP contribution in [0.3, 0.4) is 0 Å². The summed E-state index contributed by atoms with van der Waals surface area (Å²) in [6.45, 7) is 0. The average molecular weight is 1070 g/mol. The van der Waals surface area contributed by atoms with E-state index in [4.69, 9.17) is 10.2 Å². The third kappa shape index (κ3) is 72.9. The molecule has 0 aliphatic heterocycles. The Balaban J connectivity index is 3.08. The lowest BCUT2D eigenvalue weighted by molar-refractivity contribution is -0.138. The highest BCUT2D eigenvalue weighted by atomic mass is 16.4. The molecule has 0 radical (unpaired) electrons. The number of aliphatic carboxylic acids is 2. The molecule has 0 saturated carbocycles. The standard InChI is InChI=1S/C72H142O4/c73-71(74)69-67-65-63-61-59-57-55-53-51-49-47-45-43-41-39-37-35-33-31-29-27-25-23-21-19-17-15-13-11-9-7-5-3-1-2-4-6-8-10-12-14-16-18-20-22-24-26-28-30-32-34-36-38-40-42-44-46-48-50-52-54-56-58-60-62-64-66-68-70-72(75)76/h1-70H2,(H,73,74)(H,75,76). The van der Waals surface area contributed by atoms with Crippen molar-refractivity contribution in [3.8, 4) is 0 Å². The second-order valence-corrected chi connectivity index (χ2v) is 25.3. The molecule has 0 rings (SSSR count). The Bertz CT molecular complexity index is 975. The monoisotopic (exact) mass is 1070 g/mol. The smallest absolute Gasteiger partial charge is 0.303 e. The Morgan fingerprint density at radius 3 is 0.224 bits per heavy atom. The highest BCUT2D eigenvalue weighted by Crippen LogP contribution is 2.21. The Morgan fingerprint density at radius 2 is 0.171 bits per heavy atom. The molecule has 454 valence electrons. The molecule has 0 aromatic carbocycles. The molecule has 0 aliphatic carbocycles. The fourth-order valence-electron chi connectivity index (χ4n) is 12.2. The Kier molecular flexibility index (Phi) is 69.1. The van der Waals surface area contributed by atoms with Gasteiger partial charge in [0, 0.05) is 12.8 Å². The Labute approximate surface area is 479 Å². The highest BCUT2D eigenvalue weighted by Gasteiger charge is 2.02. The van der Waals surface area contributed by atoms with Crippen molar-refractivity contribution >= 4 is 11.9 Å². The largest absolute Gasteiger partial charge is 0.481 e. The molecule has 4 nitrogen and oxygen atoms in total. The highest BCUT2D eigenvalue weighted by molar-refractivity contribution is 5.66. The van der Waals surface area contributed by atoms with E-state index >= 15 is 0 Å². The molecule has 0 atom stereocenters. The van der Waals surface area contributed by atoms with Gasteiger partial charge >= 0.3 is 11.9 Å². The molecule has 0 unspecified atom stereocenters. The van der Waals surface area contributed by atoms with Crippen LogP contribution in [0.4, 0.5) is 0 Å². The van der Waals surface area contributed by atoms with Crippen LogP contribution in [0.1, 0.15) is 449 Å². The van der Waals surface area contributed by atoms with Crippen LogP contribution in [0.5, 0.6) is 0 Å². The van der Waals surface area contributed by atoms with Gasteiger partial charge in [0.2, 0.25) is 0 Å². The van der Waals surface area contributed by atoms with Crippen LogP contribution in [0.15, 0.2) is 0 Å². The number of rotatable bonds is 71. The molecular formula is C72H142O4. The first-order chi connectivity index (χ1) is 37.6. The van der Waals surface area contributed by atoms with E-state index in [1.165, 1.54) is 411 Å². The van der Waals surface area contributed by atoms with Gasteiger partial charge in [-0.2, -0.15) is 0 Å². The third-order valence-electron chi connectivity index (χ3n) is 17.5. The van der Waals surface area contributed by atoms with Crippen LogP contribution in [0.25, 0.3) is 0 Å². The Morgan fingerprint density at radius 1 is 0.118 bits per heavy atom. The summed E-state index contributed by atoms with van der Waals surface area (Å²) in [5.74, 6) is -1.29. The molecular weight excluding hydrogens is 929 g/mol. The molecule has 0 saturated heterocycles. The number of carboxylic acids is 2. The molecule has 4 heteroatoms. The SMILES string of the molecule is O=C(O)CCCCCCCCCCCCCCCCCCCCCCCCCCCCCCCCCCCCCCCCCCCCCCCCCCCCCCCCCCCCCCCCCCCCCCC(=O)O. The van der Waals surface area contributed by atoms with Crippen LogP contribution < -0.4 is 0 Å². The third-order valence-corrected chi connectivity index (χ3v) is 17.5. The molecule has 0 fully saturated rings. The second-order valence-electron chi connectivity index (χ2n) is 25.3. The van der Waals surface area contributed by atoms with E-state index < -0.39 is 11.9 Å². The van der Waals surface area contributed by atoms with Gasteiger partial charge in [0.05, 0.1) is 0 Å². The van der Waals surface area contributed by atoms with Crippen LogP contribution in [0.2, 0.25) is 0 Å². The van der Waals surface area contributed by atoms with E-state index in [0.29, 0.717) is 12.8 Å². The molecule has 0 bridgehead atoms. The van der Waals surface area contributed by atoms with Gasteiger partial charge in [-0.25, -0.2) is 0 Å². The van der Waals surface area contributed by atoms with Crippen molar-refractivity contribution in [2.45, 2.75) is 449 Å². The first-order valence-electron chi connectivity index (χ1n) is 36.1. The first kappa shape index (κ1) is 74.9. The maximum atomic E-state index is 10.5. The topological polar surface area (TPSA) is 74.6 Å². The summed E-state index contributed by atoms with van der Waals surface area (Å²) < 4.78 is 0. The van der Waals surface area contributed by atoms with Crippen molar-refractivity contribution < 1.29 is 19.8 Å².